The Hall–Kier alpha value is -4.07. The number of nitrogens with zero attached hydrogens (tertiary/aromatic N) is 5. The first kappa shape index (κ1) is 27.5. The van der Waals surface area contributed by atoms with Crippen LogP contribution in [0.25, 0.3) is 32.9 Å². The van der Waals surface area contributed by atoms with Gasteiger partial charge in [0.2, 0.25) is 0 Å². The van der Waals surface area contributed by atoms with Gasteiger partial charge in [-0.3, -0.25) is 4.90 Å². The minimum atomic E-state index is -0.676. The summed E-state index contributed by atoms with van der Waals surface area (Å²) >= 11 is 0. The van der Waals surface area contributed by atoms with Crippen molar-refractivity contribution in [3.05, 3.63) is 47.2 Å². The number of nitrogens with one attached hydrogen (secondary N) is 1. The number of phenolic OH excluding ortho intramolecular Hbond substituents is 1. The molecule has 4 aromatic rings. The number of hydrogen-bond acceptors (Lipinski definition) is 8. The van der Waals surface area contributed by atoms with Crippen molar-refractivity contribution in [2.45, 2.75) is 56.5 Å². The van der Waals surface area contributed by atoms with E-state index in [4.69, 9.17) is 26.1 Å². The Morgan fingerprint density at radius 2 is 1.91 bits per heavy atom. The Morgan fingerprint density at radius 1 is 1.07 bits per heavy atom. The topological polar surface area (TPSA) is 86.6 Å². The number of terminal acetylenes is 1. The molecule has 0 amide bonds. The fourth-order valence-corrected chi connectivity index (χ4v) is 8.05. The van der Waals surface area contributed by atoms with Crippen LogP contribution >= 0.6 is 0 Å². The summed E-state index contributed by atoms with van der Waals surface area (Å²) < 4.78 is 38.3. The number of phenols is 1. The third-order valence-electron chi connectivity index (χ3n) is 10.1. The Bertz CT molecular complexity index is 1850. The number of halogens is 2. The van der Waals surface area contributed by atoms with Crippen molar-refractivity contribution in [1.29, 1.82) is 0 Å². The molecule has 2 N–H and O–H groups in total. The van der Waals surface area contributed by atoms with Crippen LogP contribution in [0.4, 0.5) is 14.6 Å². The van der Waals surface area contributed by atoms with E-state index in [9.17, 15) is 9.50 Å². The Balaban J connectivity index is 1.35. The molecule has 0 saturated carbocycles. The molecule has 4 aliphatic heterocycles. The van der Waals surface area contributed by atoms with E-state index in [1.165, 1.54) is 24.3 Å². The minimum Gasteiger partial charge on any atom is -0.508 e. The van der Waals surface area contributed by atoms with Gasteiger partial charge in [-0.05, 0) is 81.6 Å². The summed E-state index contributed by atoms with van der Waals surface area (Å²) in [5.41, 5.74) is 0.951. The molecule has 4 aliphatic rings. The zero-order chi connectivity index (χ0) is 30.0. The third-order valence-corrected chi connectivity index (χ3v) is 10.1. The lowest BCUT2D eigenvalue weighted by Crippen LogP contribution is -2.52. The van der Waals surface area contributed by atoms with Crippen molar-refractivity contribution in [3.8, 4) is 35.4 Å². The van der Waals surface area contributed by atoms with E-state index in [2.05, 4.69) is 21.0 Å². The lowest BCUT2D eigenvalue weighted by Gasteiger charge is -2.39. The quantitative estimate of drug-likeness (QED) is 0.321. The molecule has 1 atom stereocenters. The van der Waals surface area contributed by atoms with Gasteiger partial charge in [0.05, 0.1) is 22.2 Å². The standard InChI is InChI=1S/C34H34F2N6O2/c1-2-23-25(35)9-8-20-16-22(43)17-24(27(20)23)30-29(36)31-28-26(38-30)7-3-6-21-18-37-12-15-42(21)32(28)40-33(39-31)44-19-34-10-4-13-41(34)14-5-11-34/h1,8-9,16-17,21,37,43H,3-7,10-15,18-19H2/t21-/m0/s1. The number of aryl methyl sites for hydroxylation is 1. The van der Waals surface area contributed by atoms with Crippen molar-refractivity contribution < 1.29 is 18.6 Å². The van der Waals surface area contributed by atoms with Crippen LogP contribution < -0.4 is 15.0 Å². The second-order valence-electron chi connectivity index (χ2n) is 12.6. The molecule has 44 heavy (non-hydrogen) atoms. The number of fused-ring (bicyclic) bond motifs is 4. The number of aromatic nitrogens is 3. The fourth-order valence-electron chi connectivity index (χ4n) is 8.05. The first-order valence-electron chi connectivity index (χ1n) is 15.6. The number of ether oxygens (including phenoxy) is 1. The minimum absolute atomic E-state index is 0.00513. The van der Waals surface area contributed by atoms with Crippen LogP contribution in [-0.4, -0.2) is 75.9 Å². The fraction of sp³-hybridized carbons (Fsp3) is 0.441. The monoisotopic (exact) mass is 596 g/mol. The maximum atomic E-state index is 17.0. The summed E-state index contributed by atoms with van der Waals surface area (Å²) in [4.78, 5) is 19.3. The SMILES string of the molecule is C#Cc1c(F)ccc2cc(O)cc(-c3nc4c5c(nc(OCC67CCCN6CCC7)nc5c3F)N3CCNC[C@@H]3CCC4)c12. The van der Waals surface area contributed by atoms with E-state index in [1.807, 2.05) is 0 Å². The molecule has 3 fully saturated rings. The van der Waals surface area contributed by atoms with Gasteiger partial charge in [0.15, 0.2) is 5.82 Å². The van der Waals surface area contributed by atoms with E-state index >= 15 is 4.39 Å². The number of aromatic hydroxyl groups is 1. The summed E-state index contributed by atoms with van der Waals surface area (Å²) in [7, 11) is 0. The molecular formula is C34H34F2N6O2. The van der Waals surface area contributed by atoms with Gasteiger partial charge in [-0.15, -0.1) is 6.42 Å². The van der Waals surface area contributed by atoms with Crippen LogP contribution in [0, 0.1) is 24.0 Å². The summed E-state index contributed by atoms with van der Waals surface area (Å²) in [6.07, 6.45) is 12.5. The second kappa shape index (κ2) is 10.5. The van der Waals surface area contributed by atoms with Crippen LogP contribution in [0.2, 0.25) is 0 Å². The molecule has 2 aromatic carbocycles. The summed E-state index contributed by atoms with van der Waals surface area (Å²) in [6, 6.07) is 6.03. The predicted octanol–water partition coefficient (Wildman–Crippen LogP) is 4.93. The number of piperazine rings is 1. The van der Waals surface area contributed by atoms with Gasteiger partial charge in [0.25, 0.3) is 0 Å². The van der Waals surface area contributed by atoms with Gasteiger partial charge >= 0.3 is 6.01 Å². The summed E-state index contributed by atoms with van der Waals surface area (Å²) in [5.74, 6) is 1.70. The van der Waals surface area contributed by atoms with Gasteiger partial charge in [0, 0.05) is 36.6 Å². The second-order valence-corrected chi connectivity index (χ2v) is 12.6. The van der Waals surface area contributed by atoms with Crippen molar-refractivity contribution in [2.75, 3.05) is 44.2 Å². The summed E-state index contributed by atoms with van der Waals surface area (Å²) in [5, 5.41) is 15.5. The van der Waals surface area contributed by atoms with Crippen molar-refractivity contribution >= 4 is 27.5 Å². The van der Waals surface area contributed by atoms with E-state index in [0.29, 0.717) is 40.7 Å². The van der Waals surface area contributed by atoms with Crippen LogP contribution in [0.1, 0.15) is 49.8 Å². The first-order valence-corrected chi connectivity index (χ1v) is 15.6. The lowest BCUT2D eigenvalue weighted by molar-refractivity contribution is 0.108. The normalized spacial score (nSPS) is 21.1. The molecule has 10 heteroatoms. The van der Waals surface area contributed by atoms with Crippen LogP contribution in [0.5, 0.6) is 11.8 Å². The Kier molecular flexibility index (Phi) is 6.58. The van der Waals surface area contributed by atoms with Crippen molar-refractivity contribution in [2.24, 2.45) is 0 Å². The summed E-state index contributed by atoms with van der Waals surface area (Å²) in [6.45, 7) is 4.92. The molecule has 8 nitrogen and oxygen atoms in total. The Labute approximate surface area is 254 Å². The number of anilines is 1. The van der Waals surface area contributed by atoms with E-state index in [-0.39, 0.29) is 45.7 Å². The Morgan fingerprint density at radius 3 is 2.73 bits per heavy atom. The lowest BCUT2D eigenvalue weighted by atomic mass is 9.94. The maximum absolute atomic E-state index is 17.0. The van der Waals surface area contributed by atoms with Gasteiger partial charge in [-0.2, -0.15) is 9.97 Å². The molecule has 0 unspecified atom stereocenters. The van der Waals surface area contributed by atoms with Crippen LogP contribution in [0.3, 0.4) is 0 Å². The first-order chi connectivity index (χ1) is 21.5. The van der Waals surface area contributed by atoms with Crippen LogP contribution in [0.15, 0.2) is 24.3 Å². The molecule has 3 saturated heterocycles. The molecule has 6 heterocycles. The molecule has 0 spiro atoms. The van der Waals surface area contributed by atoms with E-state index in [1.54, 1.807) is 0 Å². The molecule has 226 valence electrons. The zero-order valence-electron chi connectivity index (χ0n) is 24.5. The number of hydrogen-bond donors (Lipinski definition) is 2. The van der Waals surface area contributed by atoms with Crippen LogP contribution in [-0.2, 0) is 6.42 Å². The highest BCUT2D eigenvalue weighted by atomic mass is 19.1. The van der Waals surface area contributed by atoms with Gasteiger partial charge in [-0.1, -0.05) is 12.0 Å². The maximum Gasteiger partial charge on any atom is 0.319 e. The highest BCUT2D eigenvalue weighted by Gasteiger charge is 2.45. The molecular weight excluding hydrogens is 562 g/mol. The average molecular weight is 597 g/mol. The van der Waals surface area contributed by atoms with Gasteiger partial charge in [0.1, 0.15) is 35.2 Å². The molecule has 0 bridgehead atoms. The van der Waals surface area contributed by atoms with E-state index < -0.39 is 11.6 Å². The zero-order valence-corrected chi connectivity index (χ0v) is 24.5. The highest BCUT2D eigenvalue weighted by Crippen LogP contribution is 2.42. The smallest absolute Gasteiger partial charge is 0.319 e. The number of rotatable bonds is 4. The van der Waals surface area contributed by atoms with Gasteiger partial charge < -0.3 is 20.1 Å². The molecule has 0 radical (unpaired) electrons. The molecule has 8 rings (SSSR count). The average Bonchev–Trinajstić information content (AvgIpc) is 3.61. The largest absolute Gasteiger partial charge is 0.508 e. The number of pyridine rings is 1. The third kappa shape index (κ3) is 4.28. The van der Waals surface area contributed by atoms with Crippen molar-refractivity contribution in [1.82, 2.24) is 25.2 Å². The molecule has 2 aromatic heterocycles. The van der Waals surface area contributed by atoms with Crippen molar-refractivity contribution in [3.63, 3.8) is 0 Å². The highest BCUT2D eigenvalue weighted by molar-refractivity contribution is 6.03. The molecule has 0 aliphatic carbocycles. The predicted molar refractivity (Wildman–Crippen MR) is 165 cm³/mol. The number of benzene rings is 2. The van der Waals surface area contributed by atoms with E-state index in [0.717, 1.165) is 71.2 Å². The van der Waals surface area contributed by atoms with Gasteiger partial charge in [-0.25, -0.2) is 13.8 Å².